The third-order valence-electron chi connectivity index (χ3n) is 4.28. The molecule has 1 aromatic carbocycles. The van der Waals surface area contributed by atoms with Gasteiger partial charge in [-0.25, -0.2) is 0 Å². The molecule has 0 saturated carbocycles. The van der Waals surface area contributed by atoms with E-state index in [1.54, 1.807) is 0 Å². The van der Waals surface area contributed by atoms with Crippen molar-refractivity contribution in [3.05, 3.63) is 33.9 Å². The summed E-state index contributed by atoms with van der Waals surface area (Å²) < 4.78 is 5.65. The van der Waals surface area contributed by atoms with Crippen LogP contribution in [0.5, 0.6) is 5.75 Å². The molecule has 22 heavy (non-hydrogen) atoms. The highest BCUT2D eigenvalue weighted by Gasteiger charge is 2.24. The van der Waals surface area contributed by atoms with E-state index < -0.39 is 4.92 Å². The fourth-order valence-corrected chi connectivity index (χ4v) is 3.01. The van der Waals surface area contributed by atoms with Crippen LogP contribution in [-0.4, -0.2) is 35.1 Å². The van der Waals surface area contributed by atoms with Gasteiger partial charge in [-0.05, 0) is 32.8 Å². The first kappa shape index (κ1) is 16.2. The minimum absolute atomic E-state index is 0.0614. The summed E-state index contributed by atoms with van der Waals surface area (Å²) in [5.74, 6) is 0.286. The molecule has 0 N–H and O–H groups in total. The Balaban J connectivity index is 2.00. The molecule has 118 valence electrons. The van der Waals surface area contributed by atoms with Crippen molar-refractivity contribution in [2.24, 2.45) is 0 Å². The van der Waals surface area contributed by atoms with Crippen LogP contribution in [-0.2, 0) is 0 Å². The lowest BCUT2D eigenvalue weighted by Gasteiger charge is -2.38. The third kappa shape index (κ3) is 3.74. The molecule has 1 saturated heterocycles. The van der Waals surface area contributed by atoms with Crippen LogP contribution in [0.3, 0.4) is 0 Å². The summed E-state index contributed by atoms with van der Waals surface area (Å²) in [6, 6.07) is 7.12. The number of hydrogen-bond acceptors (Lipinski definition) is 5. The van der Waals surface area contributed by atoms with Crippen molar-refractivity contribution in [2.75, 3.05) is 13.2 Å². The minimum Gasteiger partial charge on any atom is -0.491 e. The van der Waals surface area contributed by atoms with Crippen LogP contribution in [0.15, 0.2) is 18.2 Å². The van der Waals surface area contributed by atoms with Crippen molar-refractivity contribution in [2.45, 2.75) is 45.2 Å². The first-order valence-electron chi connectivity index (χ1n) is 7.60. The number of nitrogens with zero attached hydrogens (tertiary/aromatic N) is 3. The first-order chi connectivity index (χ1) is 10.5. The Labute approximate surface area is 130 Å². The smallest absolute Gasteiger partial charge is 0.273 e. The maximum atomic E-state index is 10.8. The maximum absolute atomic E-state index is 10.8. The topological polar surface area (TPSA) is 79.4 Å². The lowest BCUT2D eigenvalue weighted by molar-refractivity contribution is -0.384. The molecule has 1 heterocycles. The second-order valence-corrected chi connectivity index (χ2v) is 5.76. The quantitative estimate of drug-likeness (QED) is 0.617. The maximum Gasteiger partial charge on any atom is 0.273 e. The molecule has 0 spiro atoms. The molecule has 2 unspecified atom stereocenters. The molecule has 1 fully saturated rings. The van der Waals surface area contributed by atoms with Gasteiger partial charge in [0.25, 0.3) is 5.69 Å². The normalized spacial score (nSPS) is 22.0. The van der Waals surface area contributed by atoms with Gasteiger partial charge < -0.3 is 4.74 Å². The predicted octanol–water partition coefficient (Wildman–Crippen LogP) is 3.11. The number of rotatable bonds is 5. The summed E-state index contributed by atoms with van der Waals surface area (Å²) in [5.41, 5.74) is 0.263. The molecule has 6 heteroatoms. The Morgan fingerprint density at radius 1 is 1.41 bits per heavy atom. The van der Waals surface area contributed by atoms with Crippen LogP contribution in [0.4, 0.5) is 5.69 Å². The zero-order valence-corrected chi connectivity index (χ0v) is 13.0. The summed E-state index contributed by atoms with van der Waals surface area (Å²) in [6.45, 7) is 5.61. The molecule has 6 nitrogen and oxygen atoms in total. The van der Waals surface area contributed by atoms with Crippen molar-refractivity contribution in [1.82, 2.24) is 4.90 Å². The van der Waals surface area contributed by atoms with Crippen molar-refractivity contribution in [3.63, 3.8) is 0 Å². The van der Waals surface area contributed by atoms with Crippen molar-refractivity contribution in [3.8, 4) is 11.8 Å². The highest BCUT2D eigenvalue weighted by atomic mass is 16.6. The second kappa shape index (κ2) is 7.23. The van der Waals surface area contributed by atoms with E-state index in [1.807, 2.05) is 6.07 Å². The fourth-order valence-electron chi connectivity index (χ4n) is 3.01. The number of likely N-dealkylation sites (tertiary alicyclic amines) is 1. The molecule has 0 amide bonds. The highest BCUT2D eigenvalue weighted by molar-refractivity contribution is 5.49. The summed E-state index contributed by atoms with van der Waals surface area (Å²) >= 11 is 0. The molecular formula is C16H21N3O3. The van der Waals surface area contributed by atoms with E-state index in [0.29, 0.717) is 24.3 Å². The van der Waals surface area contributed by atoms with Gasteiger partial charge in [0.2, 0.25) is 0 Å². The zero-order chi connectivity index (χ0) is 16.1. The van der Waals surface area contributed by atoms with E-state index in [9.17, 15) is 10.1 Å². The molecule has 0 aliphatic carbocycles. The van der Waals surface area contributed by atoms with Crippen molar-refractivity contribution >= 4 is 5.69 Å². The number of nitro benzene ring substituents is 1. The summed E-state index contributed by atoms with van der Waals surface area (Å²) in [7, 11) is 0. The van der Waals surface area contributed by atoms with Crippen LogP contribution in [0.2, 0.25) is 0 Å². The van der Waals surface area contributed by atoms with Gasteiger partial charge in [-0.1, -0.05) is 6.42 Å². The molecule has 2 rings (SSSR count). The summed E-state index contributed by atoms with van der Waals surface area (Å²) in [5, 5.41) is 19.9. The minimum atomic E-state index is -0.483. The van der Waals surface area contributed by atoms with Gasteiger partial charge in [-0.2, -0.15) is 5.26 Å². The lowest BCUT2D eigenvalue weighted by Crippen LogP contribution is -2.45. The van der Waals surface area contributed by atoms with E-state index in [1.165, 1.54) is 37.5 Å². The first-order valence-corrected chi connectivity index (χ1v) is 7.60. The van der Waals surface area contributed by atoms with Crippen molar-refractivity contribution in [1.29, 1.82) is 5.26 Å². The van der Waals surface area contributed by atoms with Crippen LogP contribution < -0.4 is 4.74 Å². The largest absolute Gasteiger partial charge is 0.491 e. The number of benzene rings is 1. The lowest BCUT2D eigenvalue weighted by atomic mass is 9.98. The number of nitriles is 1. The Kier molecular flexibility index (Phi) is 5.34. The van der Waals surface area contributed by atoms with Crippen molar-refractivity contribution < 1.29 is 9.66 Å². The van der Waals surface area contributed by atoms with Crippen LogP contribution in [0.25, 0.3) is 0 Å². The van der Waals surface area contributed by atoms with Gasteiger partial charge in [-0.3, -0.25) is 15.0 Å². The van der Waals surface area contributed by atoms with E-state index >= 15 is 0 Å². The van der Waals surface area contributed by atoms with Gasteiger partial charge in [-0.15, -0.1) is 0 Å². The Morgan fingerprint density at radius 2 is 2.09 bits per heavy atom. The molecule has 0 radical (unpaired) electrons. The number of hydrogen-bond donors (Lipinski definition) is 0. The zero-order valence-electron chi connectivity index (χ0n) is 13.0. The Bertz CT molecular complexity index is 572. The van der Waals surface area contributed by atoms with Gasteiger partial charge in [0, 0.05) is 24.7 Å². The molecule has 0 bridgehead atoms. The molecule has 0 aromatic heterocycles. The molecule has 1 aliphatic rings. The van der Waals surface area contributed by atoms with E-state index in [0.717, 1.165) is 6.54 Å². The van der Waals surface area contributed by atoms with Gasteiger partial charge in [0.15, 0.2) is 0 Å². The number of non-ortho nitro benzene ring substituents is 1. The molecular weight excluding hydrogens is 282 g/mol. The number of ether oxygens (including phenoxy) is 1. The van der Waals surface area contributed by atoms with Gasteiger partial charge in [0.05, 0.1) is 16.6 Å². The van der Waals surface area contributed by atoms with Gasteiger partial charge in [0.1, 0.15) is 18.4 Å². The fraction of sp³-hybridized carbons (Fsp3) is 0.562. The molecule has 1 aliphatic heterocycles. The van der Waals surface area contributed by atoms with Crippen LogP contribution in [0.1, 0.15) is 38.7 Å². The van der Waals surface area contributed by atoms with Crippen LogP contribution in [0, 0.1) is 21.4 Å². The average molecular weight is 303 g/mol. The third-order valence-corrected chi connectivity index (χ3v) is 4.28. The Morgan fingerprint density at radius 3 is 2.68 bits per heavy atom. The standard InChI is InChI=1S/C16H21N3O3/c1-12-4-3-5-13(2)18(12)8-9-22-16-10-15(19(20)21)7-6-14(16)11-17/h6-7,10,12-13H,3-5,8-9H2,1-2H3. The highest BCUT2D eigenvalue weighted by Crippen LogP contribution is 2.25. The molecule has 1 aromatic rings. The van der Waals surface area contributed by atoms with E-state index in [4.69, 9.17) is 10.00 Å². The monoisotopic (exact) mass is 303 g/mol. The van der Waals surface area contributed by atoms with E-state index in [-0.39, 0.29) is 11.4 Å². The SMILES string of the molecule is CC1CCCC(C)N1CCOc1cc([N+](=O)[O-])ccc1C#N. The predicted molar refractivity (Wildman–Crippen MR) is 82.8 cm³/mol. The Hall–Kier alpha value is -2.13. The average Bonchev–Trinajstić information content (AvgIpc) is 2.50. The molecule has 2 atom stereocenters. The summed E-state index contributed by atoms with van der Waals surface area (Å²) in [4.78, 5) is 12.7. The van der Waals surface area contributed by atoms with E-state index in [2.05, 4.69) is 18.7 Å². The number of piperidine rings is 1. The van der Waals surface area contributed by atoms with Gasteiger partial charge >= 0.3 is 0 Å². The summed E-state index contributed by atoms with van der Waals surface area (Å²) in [6.07, 6.45) is 3.62. The second-order valence-electron chi connectivity index (χ2n) is 5.76. The van der Waals surface area contributed by atoms with Crippen LogP contribution >= 0.6 is 0 Å². The number of nitro groups is 1.